The van der Waals surface area contributed by atoms with E-state index in [0.717, 1.165) is 44.9 Å². The second-order valence-electron chi connectivity index (χ2n) is 13.8. The number of benzene rings is 1. The van der Waals surface area contributed by atoms with Crippen LogP contribution in [0, 0.1) is 11.7 Å². The average molecular weight is 599 g/mol. The van der Waals surface area contributed by atoms with Crippen LogP contribution in [0.5, 0.6) is 5.75 Å². The number of carboxylic acid groups (broad SMARTS) is 1. The molecule has 234 valence electrons. The summed E-state index contributed by atoms with van der Waals surface area (Å²) in [5, 5.41) is 9.67. The van der Waals surface area contributed by atoms with Crippen LogP contribution in [0.25, 0.3) is 10.9 Å². The van der Waals surface area contributed by atoms with Crippen LogP contribution in [0.15, 0.2) is 17.1 Å². The number of pyridine rings is 1. The summed E-state index contributed by atoms with van der Waals surface area (Å²) >= 11 is 0. The topological polar surface area (TPSA) is 105 Å². The van der Waals surface area contributed by atoms with Crippen molar-refractivity contribution in [1.29, 1.82) is 0 Å². The van der Waals surface area contributed by atoms with E-state index >= 15 is 4.39 Å². The summed E-state index contributed by atoms with van der Waals surface area (Å²) in [4.78, 5) is 43.8. The molecule has 1 N–H and O–H groups in total. The molecular weight excluding hydrogens is 555 g/mol. The largest absolute Gasteiger partial charge is 0.492 e. The van der Waals surface area contributed by atoms with E-state index in [-0.39, 0.29) is 28.6 Å². The zero-order chi connectivity index (χ0) is 30.8. The average Bonchev–Trinajstić information content (AvgIpc) is 3.89. The molecule has 1 amide bonds. The number of aromatic nitrogens is 1. The van der Waals surface area contributed by atoms with Gasteiger partial charge in [-0.15, -0.1) is 0 Å². The lowest BCUT2D eigenvalue weighted by atomic mass is 9.91. The number of carbonyl (C=O) groups is 2. The fraction of sp³-hybridized carbons (Fsp3) is 0.656. The molecule has 2 aliphatic heterocycles. The molecule has 2 aromatic rings. The molecule has 11 heteroatoms. The molecule has 3 heterocycles. The van der Waals surface area contributed by atoms with E-state index in [0.29, 0.717) is 55.1 Å². The van der Waals surface area contributed by atoms with E-state index in [1.54, 1.807) is 4.57 Å². The van der Waals surface area contributed by atoms with Crippen molar-refractivity contribution in [3.63, 3.8) is 0 Å². The summed E-state index contributed by atoms with van der Waals surface area (Å²) in [5.41, 5.74) is -0.709. The van der Waals surface area contributed by atoms with Gasteiger partial charge in [0.05, 0.1) is 18.0 Å². The van der Waals surface area contributed by atoms with Gasteiger partial charge in [-0.25, -0.2) is 14.0 Å². The van der Waals surface area contributed by atoms with Crippen molar-refractivity contribution >= 4 is 28.7 Å². The molecule has 1 unspecified atom stereocenters. The Balaban J connectivity index is 1.22. The van der Waals surface area contributed by atoms with Crippen LogP contribution < -0.4 is 15.1 Å². The number of methoxy groups -OCH3 is 1. The number of halogens is 1. The summed E-state index contributed by atoms with van der Waals surface area (Å²) in [6.45, 7) is 8.32. The minimum atomic E-state index is -1.32. The number of anilines is 1. The number of rotatable bonds is 7. The molecular formula is C32H43FN4O6. The second kappa shape index (κ2) is 10.7. The van der Waals surface area contributed by atoms with E-state index in [2.05, 4.69) is 11.9 Å². The van der Waals surface area contributed by atoms with E-state index in [4.69, 9.17) is 9.47 Å². The maximum absolute atomic E-state index is 15.9. The maximum Gasteiger partial charge on any atom is 0.410 e. The molecule has 6 rings (SSSR count). The van der Waals surface area contributed by atoms with Crippen molar-refractivity contribution in [2.24, 2.45) is 5.92 Å². The Morgan fingerprint density at radius 1 is 1.09 bits per heavy atom. The van der Waals surface area contributed by atoms with Crippen molar-refractivity contribution < 1.29 is 28.6 Å². The van der Waals surface area contributed by atoms with Crippen molar-refractivity contribution in [3.05, 3.63) is 33.9 Å². The zero-order valence-electron chi connectivity index (χ0n) is 25.8. The van der Waals surface area contributed by atoms with Gasteiger partial charge in [0.25, 0.3) is 0 Å². The Hall–Kier alpha value is -3.34. The predicted octanol–water partition coefficient (Wildman–Crippen LogP) is 4.87. The lowest BCUT2D eigenvalue weighted by Crippen LogP contribution is -2.52. The van der Waals surface area contributed by atoms with Gasteiger partial charge in [0.1, 0.15) is 16.9 Å². The number of ether oxygens (including phenoxy) is 2. The van der Waals surface area contributed by atoms with Crippen LogP contribution in [-0.4, -0.2) is 89.1 Å². The number of piperidine rings is 1. The molecule has 0 spiro atoms. The molecule has 0 radical (unpaired) electrons. The summed E-state index contributed by atoms with van der Waals surface area (Å²) in [6, 6.07) is 1.62. The van der Waals surface area contributed by atoms with Gasteiger partial charge >= 0.3 is 12.1 Å². The number of carboxylic acids is 1. The second-order valence-corrected chi connectivity index (χ2v) is 13.8. The van der Waals surface area contributed by atoms with Gasteiger partial charge in [0, 0.05) is 50.0 Å². The minimum Gasteiger partial charge on any atom is -0.492 e. The molecule has 1 aromatic heterocycles. The first-order valence-corrected chi connectivity index (χ1v) is 15.5. The van der Waals surface area contributed by atoms with E-state index in [1.807, 2.05) is 30.6 Å². The highest BCUT2D eigenvalue weighted by Gasteiger charge is 2.56. The number of carbonyl (C=O) groups excluding carboxylic acids is 1. The lowest BCUT2D eigenvalue weighted by Gasteiger charge is -2.43. The van der Waals surface area contributed by atoms with Crippen LogP contribution >= 0.6 is 0 Å². The van der Waals surface area contributed by atoms with Gasteiger partial charge < -0.3 is 28.9 Å². The molecule has 1 aromatic carbocycles. The molecule has 43 heavy (non-hydrogen) atoms. The first-order chi connectivity index (χ1) is 20.3. The van der Waals surface area contributed by atoms with Gasteiger partial charge in [-0.3, -0.25) is 9.69 Å². The van der Waals surface area contributed by atoms with Crippen molar-refractivity contribution in [3.8, 4) is 5.75 Å². The predicted molar refractivity (Wildman–Crippen MR) is 161 cm³/mol. The van der Waals surface area contributed by atoms with Crippen LogP contribution in [-0.2, 0) is 4.74 Å². The summed E-state index contributed by atoms with van der Waals surface area (Å²) in [5.74, 6) is -1.26. The van der Waals surface area contributed by atoms with Crippen molar-refractivity contribution in [2.45, 2.75) is 88.9 Å². The minimum absolute atomic E-state index is 0.0387. The molecule has 4 aliphatic rings. The monoisotopic (exact) mass is 598 g/mol. The van der Waals surface area contributed by atoms with Crippen LogP contribution in [0.4, 0.5) is 14.9 Å². The number of likely N-dealkylation sites (tertiary alicyclic amines) is 1. The Labute approximate surface area is 251 Å². The standard InChI is InChI=1S/C32H43FN4O6/c1-31(2,3)43-30(41)35-14-9-20(10-15-35)34(4)32(11-12-32)19-8-13-36(17-19)26-24(33)16-22-25(28(26)42-5)37(21-6-7-21)18-23(27(22)38)29(39)40/h16,18-21H,6-15,17H2,1-5H3,(H,39,40). The van der Waals surface area contributed by atoms with Crippen LogP contribution in [0.3, 0.4) is 0 Å². The van der Waals surface area contributed by atoms with E-state index in [1.165, 1.54) is 19.4 Å². The molecule has 10 nitrogen and oxygen atoms in total. The zero-order valence-corrected chi connectivity index (χ0v) is 25.8. The smallest absolute Gasteiger partial charge is 0.410 e. The van der Waals surface area contributed by atoms with E-state index in [9.17, 15) is 19.5 Å². The number of aromatic carboxylic acids is 1. The first kappa shape index (κ1) is 29.7. The maximum atomic E-state index is 15.9. The molecule has 1 atom stereocenters. The first-order valence-electron chi connectivity index (χ1n) is 15.5. The highest BCUT2D eigenvalue weighted by molar-refractivity contribution is 5.97. The SMILES string of the molecule is COc1c(N2CCC(C3(N(C)C4CCN(C(=O)OC(C)(C)C)CC4)CC3)C2)c(F)cc2c(=O)c(C(=O)O)cn(C3CC3)c12. The number of hydrogen-bond acceptors (Lipinski definition) is 7. The van der Waals surface area contributed by atoms with Gasteiger partial charge in [0.2, 0.25) is 5.43 Å². The molecule has 4 fully saturated rings. The fourth-order valence-electron chi connectivity index (χ4n) is 7.43. The van der Waals surface area contributed by atoms with Gasteiger partial charge in [-0.2, -0.15) is 0 Å². The van der Waals surface area contributed by atoms with E-state index < -0.39 is 22.8 Å². The van der Waals surface area contributed by atoms with Gasteiger partial charge in [-0.1, -0.05) is 0 Å². The Morgan fingerprint density at radius 3 is 2.33 bits per heavy atom. The molecule has 2 aliphatic carbocycles. The normalized spacial score (nSPS) is 22.3. The van der Waals surface area contributed by atoms with Crippen LogP contribution in [0.2, 0.25) is 0 Å². The number of fused-ring (bicyclic) bond motifs is 1. The molecule has 2 saturated heterocycles. The highest BCUT2D eigenvalue weighted by Crippen LogP contribution is 2.53. The quantitative estimate of drug-likeness (QED) is 0.482. The summed E-state index contributed by atoms with van der Waals surface area (Å²) in [6.07, 6.45) is 7.73. The third-order valence-electron chi connectivity index (χ3n) is 9.97. The molecule has 2 saturated carbocycles. The summed E-state index contributed by atoms with van der Waals surface area (Å²) in [7, 11) is 3.69. The van der Waals surface area contributed by atoms with Gasteiger partial charge in [0.15, 0.2) is 11.6 Å². The summed E-state index contributed by atoms with van der Waals surface area (Å²) < 4.78 is 29.1. The van der Waals surface area contributed by atoms with Crippen molar-refractivity contribution in [2.75, 3.05) is 45.2 Å². The highest BCUT2D eigenvalue weighted by atomic mass is 19.1. The Bertz CT molecular complexity index is 1500. The fourth-order valence-corrected chi connectivity index (χ4v) is 7.43. The Kier molecular flexibility index (Phi) is 7.38. The third kappa shape index (κ3) is 5.34. The van der Waals surface area contributed by atoms with Crippen LogP contribution in [0.1, 0.15) is 82.1 Å². The van der Waals surface area contributed by atoms with Gasteiger partial charge in [-0.05, 0) is 84.7 Å². The number of amides is 1. The Morgan fingerprint density at radius 2 is 1.77 bits per heavy atom. The van der Waals surface area contributed by atoms with Crippen molar-refractivity contribution in [1.82, 2.24) is 14.4 Å². The lowest BCUT2D eigenvalue weighted by molar-refractivity contribution is 0.00936. The number of nitrogens with zero attached hydrogens (tertiary/aromatic N) is 4. The molecule has 0 bridgehead atoms. The third-order valence-corrected chi connectivity index (χ3v) is 9.97. The number of hydrogen-bond donors (Lipinski definition) is 1.